The summed E-state index contributed by atoms with van der Waals surface area (Å²) in [6.07, 6.45) is 23.3. The SMILES string of the molecule is CCCCC1CCC(CCC2CCC(/C=C/C#Cc3ccc(OCC)cc3)CC2)CC1. The van der Waals surface area contributed by atoms with E-state index in [9.17, 15) is 0 Å². The van der Waals surface area contributed by atoms with Gasteiger partial charge in [0.05, 0.1) is 6.61 Å². The van der Waals surface area contributed by atoms with Gasteiger partial charge in [-0.2, -0.15) is 0 Å². The smallest absolute Gasteiger partial charge is 0.119 e. The van der Waals surface area contributed by atoms with Crippen molar-refractivity contribution in [2.45, 2.75) is 97.3 Å². The molecular formula is C30H44O. The Morgan fingerprint density at radius 3 is 1.97 bits per heavy atom. The molecule has 0 spiro atoms. The lowest BCUT2D eigenvalue weighted by molar-refractivity contribution is 0.220. The maximum absolute atomic E-state index is 5.48. The van der Waals surface area contributed by atoms with Crippen LogP contribution in [0.25, 0.3) is 0 Å². The summed E-state index contributed by atoms with van der Waals surface area (Å²) in [6.45, 7) is 5.04. The Morgan fingerprint density at radius 2 is 1.39 bits per heavy atom. The summed E-state index contributed by atoms with van der Waals surface area (Å²) < 4.78 is 5.48. The van der Waals surface area contributed by atoms with Crippen molar-refractivity contribution in [3.05, 3.63) is 42.0 Å². The third-order valence-electron chi connectivity index (χ3n) is 7.64. The molecule has 0 radical (unpaired) electrons. The van der Waals surface area contributed by atoms with Gasteiger partial charge in [0.1, 0.15) is 5.75 Å². The van der Waals surface area contributed by atoms with Crippen LogP contribution in [0.5, 0.6) is 5.75 Å². The summed E-state index contributed by atoms with van der Waals surface area (Å²) in [4.78, 5) is 0. The fourth-order valence-electron chi connectivity index (χ4n) is 5.55. The molecule has 1 aromatic rings. The average Bonchev–Trinajstić information content (AvgIpc) is 2.82. The minimum Gasteiger partial charge on any atom is -0.494 e. The lowest BCUT2D eigenvalue weighted by Crippen LogP contribution is -2.17. The zero-order chi connectivity index (χ0) is 21.7. The van der Waals surface area contributed by atoms with E-state index in [1.165, 1.54) is 83.5 Å². The normalized spacial score (nSPS) is 26.4. The number of hydrogen-bond acceptors (Lipinski definition) is 1. The fourth-order valence-corrected chi connectivity index (χ4v) is 5.55. The molecule has 2 fully saturated rings. The topological polar surface area (TPSA) is 9.23 Å². The van der Waals surface area contributed by atoms with Gasteiger partial charge >= 0.3 is 0 Å². The van der Waals surface area contributed by atoms with E-state index in [-0.39, 0.29) is 0 Å². The Labute approximate surface area is 192 Å². The maximum atomic E-state index is 5.48. The number of hydrogen-bond donors (Lipinski definition) is 0. The number of ether oxygens (including phenoxy) is 1. The Balaban J connectivity index is 1.29. The molecule has 31 heavy (non-hydrogen) atoms. The second-order valence-electron chi connectivity index (χ2n) is 9.97. The van der Waals surface area contributed by atoms with E-state index >= 15 is 0 Å². The molecule has 3 rings (SSSR count). The quantitative estimate of drug-likeness (QED) is 0.363. The van der Waals surface area contributed by atoms with Gasteiger partial charge < -0.3 is 4.74 Å². The van der Waals surface area contributed by atoms with Crippen LogP contribution < -0.4 is 4.74 Å². The van der Waals surface area contributed by atoms with Crippen LogP contribution in [0.15, 0.2) is 36.4 Å². The van der Waals surface area contributed by atoms with Crippen LogP contribution in [0.2, 0.25) is 0 Å². The fraction of sp³-hybridized carbons (Fsp3) is 0.667. The van der Waals surface area contributed by atoms with Crippen LogP contribution in [0.3, 0.4) is 0 Å². The molecular weight excluding hydrogens is 376 g/mol. The summed E-state index contributed by atoms with van der Waals surface area (Å²) >= 11 is 0. The first-order chi connectivity index (χ1) is 15.3. The predicted molar refractivity (Wildman–Crippen MR) is 133 cm³/mol. The van der Waals surface area contributed by atoms with E-state index in [0.717, 1.165) is 35.0 Å². The highest BCUT2D eigenvalue weighted by Crippen LogP contribution is 2.37. The second kappa shape index (κ2) is 13.7. The molecule has 0 unspecified atom stereocenters. The van der Waals surface area contributed by atoms with E-state index in [4.69, 9.17) is 4.74 Å². The number of allylic oxidation sites excluding steroid dienone is 2. The van der Waals surface area contributed by atoms with Gasteiger partial charge in [0.2, 0.25) is 0 Å². The Hall–Kier alpha value is -1.68. The van der Waals surface area contributed by atoms with Gasteiger partial charge in [-0.25, -0.2) is 0 Å². The van der Waals surface area contributed by atoms with E-state index in [0.29, 0.717) is 6.61 Å². The largest absolute Gasteiger partial charge is 0.494 e. The Bertz CT molecular complexity index is 688. The minimum atomic E-state index is 0.704. The first kappa shape index (κ1) is 24.0. The third kappa shape index (κ3) is 8.76. The average molecular weight is 421 g/mol. The lowest BCUT2D eigenvalue weighted by atomic mass is 9.75. The summed E-state index contributed by atoms with van der Waals surface area (Å²) in [6, 6.07) is 8.07. The highest BCUT2D eigenvalue weighted by Gasteiger charge is 2.23. The van der Waals surface area contributed by atoms with Crippen LogP contribution in [0.4, 0.5) is 0 Å². The molecule has 1 nitrogen and oxygen atoms in total. The van der Waals surface area contributed by atoms with Crippen LogP contribution in [0, 0.1) is 35.5 Å². The van der Waals surface area contributed by atoms with E-state index in [1.807, 2.05) is 31.2 Å². The van der Waals surface area contributed by atoms with Crippen LogP contribution in [-0.4, -0.2) is 6.61 Å². The van der Waals surface area contributed by atoms with Crippen molar-refractivity contribution in [2.24, 2.45) is 23.7 Å². The molecule has 0 aliphatic heterocycles. The highest BCUT2D eigenvalue weighted by molar-refractivity contribution is 5.40. The summed E-state index contributed by atoms with van der Waals surface area (Å²) in [5.74, 6) is 11.2. The molecule has 170 valence electrons. The molecule has 0 bridgehead atoms. The number of rotatable bonds is 9. The molecule has 1 aromatic carbocycles. The van der Waals surface area contributed by atoms with Gasteiger partial charge in [-0.3, -0.25) is 0 Å². The lowest BCUT2D eigenvalue weighted by Gasteiger charge is -2.31. The zero-order valence-electron chi connectivity index (χ0n) is 20.1. The van der Waals surface area contributed by atoms with Gasteiger partial charge in [0.15, 0.2) is 0 Å². The molecule has 2 aliphatic rings. The maximum Gasteiger partial charge on any atom is 0.119 e. The molecule has 0 aromatic heterocycles. The molecule has 0 amide bonds. The minimum absolute atomic E-state index is 0.704. The zero-order valence-corrected chi connectivity index (χ0v) is 20.1. The number of benzene rings is 1. The van der Waals surface area contributed by atoms with E-state index in [1.54, 1.807) is 0 Å². The van der Waals surface area contributed by atoms with Crippen molar-refractivity contribution in [2.75, 3.05) is 6.61 Å². The van der Waals surface area contributed by atoms with Gasteiger partial charge in [-0.1, -0.05) is 82.6 Å². The predicted octanol–water partition coefficient (Wildman–Crippen LogP) is 8.58. The van der Waals surface area contributed by atoms with Crippen molar-refractivity contribution in [1.29, 1.82) is 0 Å². The van der Waals surface area contributed by atoms with Gasteiger partial charge in [0, 0.05) is 5.56 Å². The van der Waals surface area contributed by atoms with Gasteiger partial charge in [-0.05, 0) is 86.6 Å². The van der Waals surface area contributed by atoms with Gasteiger partial charge in [0.25, 0.3) is 0 Å². The molecule has 1 heteroatoms. The van der Waals surface area contributed by atoms with Gasteiger partial charge in [-0.15, -0.1) is 0 Å². The first-order valence-corrected chi connectivity index (χ1v) is 13.2. The van der Waals surface area contributed by atoms with Crippen molar-refractivity contribution in [1.82, 2.24) is 0 Å². The van der Waals surface area contributed by atoms with E-state index in [2.05, 4.69) is 30.9 Å². The molecule has 0 N–H and O–H groups in total. The Kier molecular flexibility index (Phi) is 10.6. The van der Waals surface area contributed by atoms with Crippen molar-refractivity contribution in [3.63, 3.8) is 0 Å². The van der Waals surface area contributed by atoms with Crippen LogP contribution in [-0.2, 0) is 0 Å². The molecule has 0 atom stereocenters. The third-order valence-corrected chi connectivity index (χ3v) is 7.64. The molecule has 2 saturated carbocycles. The van der Waals surface area contributed by atoms with Crippen LogP contribution in [0.1, 0.15) is 103 Å². The van der Waals surface area contributed by atoms with E-state index < -0.39 is 0 Å². The molecule has 2 aliphatic carbocycles. The first-order valence-electron chi connectivity index (χ1n) is 13.2. The monoisotopic (exact) mass is 420 g/mol. The molecule has 0 heterocycles. The second-order valence-corrected chi connectivity index (χ2v) is 9.97. The molecule has 0 saturated heterocycles. The Morgan fingerprint density at radius 1 is 0.806 bits per heavy atom. The van der Waals surface area contributed by atoms with Crippen molar-refractivity contribution < 1.29 is 4.74 Å². The summed E-state index contributed by atoms with van der Waals surface area (Å²) in [5.41, 5.74) is 1.05. The standard InChI is InChI=1S/C30H44O/c1-3-5-8-25-11-15-28(16-12-25)19-20-29-17-13-26(14-18-29)9-6-7-10-27-21-23-30(24-22-27)31-4-2/h6,9,21-26,28-29H,3-5,8,11-20H2,1-2H3/b9-6+. The van der Waals surface area contributed by atoms with Crippen molar-refractivity contribution >= 4 is 0 Å². The number of unbranched alkanes of at least 4 members (excludes halogenated alkanes) is 1. The highest BCUT2D eigenvalue weighted by atomic mass is 16.5. The van der Waals surface area contributed by atoms with Crippen LogP contribution >= 0.6 is 0 Å². The van der Waals surface area contributed by atoms with Crippen molar-refractivity contribution in [3.8, 4) is 17.6 Å². The summed E-state index contributed by atoms with van der Waals surface area (Å²) in [7, 11) is 0. The summed E-state index contributed by atoms with van der Waals surface area (Å²) in [5, 5.41) is 0.